The van der Waals surface area contributed by atoms with Crippen molar-refractivity contribution < 1.29 is 15.3 Å². The van der Waals surface area contributed by atoms with E-state index in [2.05, 4.69) is 10.6 Å². The molecule has 3 rings (SSSR count). The molecule has 28 heavy (non-hydrogen) atoms. The topological polar surface area (TPSA) is 84.8 Å². The minimum Gasteiger partial charge on any atom is -0.507 e. The van der Waals surface area contributed by atoms with Crippen LogP contribution in [0.5, 0.6) is 17.2 Å². The molecule has 146 valence electrons. The number of nitrogens with one attached hydrogen (secondary N) is 2. The molecule has 0 aliphatic rings. The maximum atomic E-state index is 10.9. The van der Waals surface area contributed by atoms with E-state index in [9.17, 15) is 15.3 Å². The summed E-state index contributed by atoms with van der Waals surface area (Å²) in [5.74, 6) is 0.629. The summed E-state index contributed by atoms with van der Waals surface area (Å²) >= 11 is 0. The summed E-state index contributed by atoms with van der Waals surface area (Å²) in [6.45, 7) is 1.99. The van der Waals surface area contributed by atoms with Crippen molar-refractivity contribution in [1.82, 2.24) is 0 Å². The number of anilines is 2. The van der Waals surface area contributed by atoms with Crippen molar-refractivity contribution >= 4 is 11.4 Å². The number of para-hydroxylation sites is 1. The van der Waals surface area contributed by atoms with E-state index in [1.54, 1.807) is 20.2 Å². The van der Waals surface area contributed by atoms with E-state index in [0.717, 1.165) is 27.8 Å². The van der Waals surface area contributed by atoms with Crippen LogP contribution in [-0.2, 0) is 12.8 Å². The Morgan fingerprint density at radius 2 is 1.39 bits per heavy atom. The Balaban J connectivity index is 1.94. The van der Waals surface area contributed by atoms with Gasteiger partial charge in [-0.15, -0.1) is 0 Å². The van der Waals surface area contributed by atoms with E-state index in [4.69, 9.17) is 0 Å². The van der Waals surface area contributed by atoms with Crippen molar-refractivity contribution in [3.8, 4) is 17.2 Å². The molecule has 0 radical (unpaired) electrons. The molecule has 0 bridgehead atoms. The third-order valence-corrected chi connectivity index (χ3v) is 4.91. The summed E-state index contributed by atoms with van der Waals surface area (Å²) in [7, 11) is 3.52. The van der Waals surface area contributed by atoms with Crippen LogP contribution >= 0.6 is 0 Å². The lowest BCUT2D eigenvalue weighted by Crippen LogP contribution is -1.98. The molecule has 0 heterocycles. The maximum absolute atomic E-state index is 10.9. The second kappa shape index (κ2) is 8.13. The van der Waals surface area contributed by atoms with Gasteiger partial charge in [-0.25, -0.2) is 0 Å². The fraction of sp³-hybridized carbons (Fsp3) is 0.217. The number of aromatic hydroxyl groups is 3. The Hall–Kier alpha value is -3.34. The Morgan fingerprint density at radius 1 is 0.714 bits per heavy atom. The molecule has 0 saturated heterocycles. The molecule has 5 nitrogen and oxygen atoms in total. The number of aryl methyl sites for hydroxylation is 1. The van der Waals surface area contributed by atoms with Crippen molar-refractivity contribution in [3.05, 3.63) is 76.3 Å². The first-order valence-electron chi connectivity index (χ1n) is 9.22. The van der Waals surface area contributed by atoms with Crippen molar-refractivity contribution in [1.29, 1.82) is 0 Å². The van der Waals surface area contributed by atoms with E-state index in [1.165, 1.54) is 0 Å². The summed E-state index contributed by atoms with van der Waals surface area (Å²) in [5.41, 5.74) is 5.67. The smallest absolute Gasteiger partial charge is 0.142 e. The van der Waals surface area contributed by atoms with Crippen LogP contribution in [0.15, 0.2) is 48.5 Å². The molecule has 5 heteroatoms. The summed E-state index contributed by atoms with van der Waals surface area (Å²) < 4.78 is 0. The van der Waals surface area contributed by atoms with Crippen LogP contribution in [0.25, 0.3) is 0 Å². The molecule has 3 aromatic carbocycles. The first-order chi connectivity index (χ1) is 13.4. The molecule has 5 N–H and O–H groups in total. The summed E-state index contributed by atoms with van der Waals surface area (Å²) in [5, 5.41) is 37.1. The highest BCUT2D eigenvalue weighted by molar-refractivity contribution is 5.61. The lowest BCUT2D eigenvalue weighted by atomic mass is 9.94. The zero-order chi connectivity index (χ0) is 20.3. The Morgan fingerprint density at radius 3 is 2.07 bits per heavy atom. The molecule has 0 unspecified atom stereocenters. The molecular formula is C23H26N2O3. The minimum atomic E-state index is 0.195. The third kappa shape index (κ3) is 3.98. The van der Waals surface area contributed by atoms with E-state index in [1.807, 2.05) is 49.4 Å². The average Bonchev–Trinajstić information content (AvgIpc) is 2.68. The van der Waals surface area contributed by atoms with E-state index >= 15 is 0 Å². The van der Waals surface area contributed by atoms with E-state index < -0.39 is 0 Å². The van der Waals surface area contributed by atoms with E-state index in [0.29, 0.717) is 24.2 Å². The Bertz CT molecular complexity index is 999. The number of rotatable bonds is 6. The van der Waals surface area contributed by atoms with Crippen LogP contribution in [0, 0.1) is 6.92 Å². The van der Waals surface area contributed by atoms with Gasteiger partial charge in [-0.2, -0.15) is 0 Å². The first kappa shape index (κ1) is 19.4. The van der Waals surface area contributed by atoms with Crippen LogP contribution in [0.1, 0.15) is 27.8 Å². The van der Waals surface area contributed by atoms with Gasteiger partial charge in [0.25, 0.3) is 0 Å². The highest BCUT2D eigenvalue weighted by Crippen LogP contribution is 2.34. The molecule has 3 aromatic rings. The van der Waals surface area contributed by atoms with Gasteiger partial charge in [-0.1, -0.05) is 35.9 Å². The predicted octanol–water partition coefficient (Wildman–Crippen LogP) is 4.38. The van der Waals surface area contributed by atoms with Crippen LogP contribution in [0.2, 0.25) is 0 Å². The molecule has 0 aliphatic carbocycles. The van der Waals surface area contributed by atoms with Gasteiger partial charge >= 0.3 is 0 Å². The quantitative estimate of drug-likeness (QED) is 0.411. The zero-order valence-electron chi connectivity index (χ0n) is 16.4. The van der Waals surface area contributed by atoms with Crippen LogP contribution < -0.4 is 10.6 Å². The number of phenolic OH excluding ortho intramolecular Hbond substituents is 3. The Kier molecular flexibility index (Phi) is 5.64. The summed E-state index contributed by atoms with van der Waals surface area (Å²) in [4.78, 5) is 0. The Labute approximate surface area is 165 Å². The average molecular weight is 378 g/mol. The van der Waals surface area contributed by atoms with Gasteiger partial charge in [0, 0.05) is 32.5 Å². The van der Waals surface area contributed by atoms with Crippen molar-refractivity contribution in [2.75, 3.05) is 24.7 Å². The van der Waals surface area contributed by atoms with Gasteiger partial charge in [-0.05, 0) is 41.8 Å². The summed E-state index contributed by atoms with van der Waals surface area (Å²) in [6.07, 6.45) is 0.969. The van der Waals surface area contributed by atoms with Gasteiger partial charge in [0.1, 0.15) is 17.2 Å². The van der Waals surface area contributed by atoms with Crippen LogP contribution in [0.3, 0.4) is 0 Å². The monoisotopic (exact) mass is 378 g/mol. The number of phenols is 3. The van der Waals surface area contributed by atoms with Crippen molar-refractivity contribution in [2.45, 2.75) is 19.8 Å². The number of hydrogen-bond donors (Lipinski definition) is 5. The van der Waals surface area contributed by atoms with Gasteiger partial charge in [0.2, 0.25) is 0 Å². The summed E-state index contributed by atoms with van der Waals surface area (Å²) in [6, 6.07) is 14.8. The minimum absolute atomic E-state index is 0.195. The third-order valence-electron chi connectivity index (χ3n) is 4.91. The predicted molar refractivity (Wildman–Crippen MR) is 114 cm³/mol. The van der Waals surface area contributed by atoms with Gasteiger partial charge in [-0.3, -0.25) is 0 Å². The van der Waals surface area contributed by atoms with Crippen molar-refractivity contribution in [3.63, 3.8) is 0 Å². The molecule has 0 fully saturated rings. The van der Waals surface area contributed by atoms with E-state index in [-0.39, 0.29) is 17.2 Å². The molecule has 0 atom stereocenters. The number of benzene rings is 3. The first-order valence-corrected chi connectivity index (χ1v) is 9.22. The van der Waals surface area contributed by atoms with Crippen molar-refractivity contribution in [2.24, 2.45) is 0 Å². The molecule has 0 aliphatic heterocycles. The van der Waals surface area contributed by atoms with Crippen LogP contribution in [0.4, 0.5) is 11.4 Å². The highest BCUT2D eigenvalue weighted by atomic mass is 16.3. The normalized spacial score (nSPS) is 10.7. The van der Waals surface area contributed by atoms with Crippen LogP contribution in [-0.4, -0.2) is 29.4 Å². The molecular weight excluding hydrogens is 352 g/mol. The maximum Gasteiger partial charge on any atom is 0.142 e. The fourth-order valence-corrected chi connectivity index (χ4v) is 3.46. The SMILES string of the molecule is CNc1cc(Cc2cc(C)cc(Cc3cccc(NC)c3O)c2O)ccc1O. The van der Waals surface area contributed by atoms with Gasteiger partial charge in [0.15, 0.2) is 0 Å². The highest BCUT2D eigenvalue weighted by Gasteiger charge is 2.14. The molecule has 0 amide bonds. The molecule has 0 saturated carbocycles. The zero-order valence-corrected chi connectivity index (χ0v) is 16.4. The fourth-order valence-electron chi connectivity index (χ4n) is 3.46. The molecule has 0 spiro atoms. The van der Waals surface area contributed by atoms with Gasteiger partial charge in [0.05, 0.1) is 11.4 Å². The lowest BCUT2D eigenvalue weighted by molar-refractivity contribution is 0.459. The second-order valence-corrected chi connectivity index (χ2v) is 6.95. The lowest BCUT2D eigenvalue weighted by Gasteiger charge is -2.14. The largest absolute Gasteiger partial charge is 0.507 e. The second-order valence-electron chi connectivity index (χ2n) is 6.95. The van der Waals surface area contributed by atoms with Gasteiger partial charge < -0.3 is 26.0 Å². The molecule has 0 aromatic heterocycles. The number of hydrogen-bond acceptors (Lipinski definition) is 5. The standard InChI is InChI=1S/C23H26N2O3/c1-14-9-17(11-15-7-8-21(26)20(12-15)25-3)22(27)18(10-14)13-16-5-4-6-19(24-2)23(16)28/h4-10,12,24-28H,11,13H2,1-3H3.